The van der Waals surface area contributed by atoms with Gasteiger partial charge < -0.3 is 15.8 Å². The maximum absolute atomic E-state index is 11.8. The highest BCUT2D eigenvalue weighted by molar-refractivity contribution is 6.06. The first kappa shape index (κ1) is 11.9. The molecule has 1 amide bonds. The second kappa shape index (κ2) is 5.17. The number of para-hydroxylation sites is 2. The lowest BCUT2D eigenvalue weighted by atomic mass is 10.3. The maximum atomic E-state index is 11.8. The second-order valence-corrected chi connectivity index (χ2v) is 3.38. The predicted molar refractivity (Wildman–Crippen MR) is 64.3 cm³/mol. The highest BCUT2D eigenvalue weighted by Gasteiger charge is 2.17. The summed E-state index contributed by atoms with van der Waals surface area (Å²) in [6.45, 7) is 2.36. The van der Waals surface area contributed by atoms with Crippen molar-refractivity contribution in [2.45, 2.75) is 6.92 Å². The van der Waals surface area contributed by atoms with Crippen molar-refractivity contribution in [3.05, 3.63) is 30.0 Å². The van der Waals surface area contributed by atoms with Gasteiger partial charge in [0.2, 0.25) is 11.5 Å². The Balaban J connectivity index is 2.19. The van der Waals surface area contributed by atoms with Gasteiger partial charge in [-0.15, -0.1) is 0 Å². The van der Waals surface area contributed by atoms with Gasteiger partial charge in [-0.05, 0) is 29.4 Å². The maximum Gasteiger partial charge on any atom is 0.281 e. The summed E-state index contributed by atoms with van der Waals surface area (Å²) in [5.74, 6) is 0.0191. The van der Waals surface area contributed by atoms with Gasteiger partial charge >= 0.3 is 0 Å². The number of benzene rings is 1. The highest BCUT2D eigenvalue weighted by atomic mass is 16.6. The molecule has 0 unspecified atom stereocenters. The number of anilines is 2. The van der Waals surface area contributed by atoms with E-state index < -0.39 is 5.91 Å². The number of rotatable bonds is 4. The Bertz CT molecular complexity index is 553. The Morgan fingerprint density at radius 1 is 1.44 bits per heavy atom. The standard InChI is InChI=1S/C11H12N4O3/c1-2-17-8-6-4-3-5-7(8)13-11(16)9-10(12)15-18-14-9/h3-6H,2H2,1H3,(H2,12,15)(H,13,16). The number of nitrogens with zero attached hydrogens (tertiary/aromatic N) is 2. The van der Waals surface area contributed by atoms with Crippen molar-refractivity contribution in [2.75, 3.05) is 17.7 Å². The van der Waals surface area contributed by atoms with Crippen molar-refractivity contribution in [1.82, 2.24) is 10.3 Å². The Hall–Kier alpha value is -2.57. The molecule has 1 aromatic carbocycles. The highest BCUT2D eigenvalue weighted by Crippen LogP contribution is 2.24. The van der Waals surface area contributed by atoms with Crippen LogP contribution in [0.5, 0.6) is 5.75 Å². The minimum Gasteiger partial charge on any atom is -0.492 e. The van der Waals surface area contributed by atoms with Crippen LogP contribution >= 0.6 is 0 Å². The molecule has 3 N–H and O–H groups in total. The first-order chi connectivity index (χ1) is 8.72. The fourth-order valence-corrected chi connectivity index (χ4v) is 1.39. The third kappa shape index (κ3) is 2.40. The molecule has 2 aromatic rings. The summed E-state index contributed by atoms with van der Waals surface area (Å²) in [6.07, 6.45) is 0. The Labute approximate surface area is 103 Å². The van der Waals surface area contributed by atoms with Crippen LogP contribution in [-0.2, 0) is 0 Å². The predicted octanol–water partition coefficient (Wildman–Crippen LogP) is 1.30. The Kier molecular flexibility index (Phi) is 3.42. The van der Waals surface area contributed by atoms with E-state index in [1.54, 1.807) is 18.2 Å². The number of aromatic nitrogens is 2. The number of carbonyl (C=O) groups is 1. The lowest BCUT2D eigenvalue weighted by Gasteiger charge is -2.09. The van der Waals surface area contributed by atoms with Gasteiger partial charge in [-0.25, -0.2) is 4.63 Å². The first-order valence-corrected chi connectivity index (χ1v) is 5.33. The molecule has 0 aliphatic heterocycles. The molecule has 0 fully saturated rings. The van der Waals surface area contributed by atoms with Crippen LogP contribution in [0, 0.1) is 0 Å². The van der Waals surface area contributed by atoms with Crippen LogP contribution in [0.4, 0.5) is 11.5 Å². The van der Waals surface area contributed by atoms with Gasteiger partial charge in [0, 0.05) is 0 Å². The Morgan fingerprint density at radius 2 is 2.22 bits per heavy atom. The van der Waals surface area contributed by atoms with E-state index in [1.807, 2.05) is 13.0 Å². The summed E-state index contributed by atoms with van der Waals surface area (Å²) in [4.78, 5) is 11.8. The zero-order chi connectivity index (χ0) is 13.0. The summed E-state index contributed by atoms with van der Waals surface area (Å²) in [7, 11) is 0. The monoisotopic (exact) mass is 248 g/mol. The second-order valence-electron chi connectivity index (χ2n) is 3.38. The van der Waals surface area contributed by atoms with E-state index in [-0.39, 0.29) is 11.5 Å². The van der Waals surface area contributed by atoms with Crippen LogP contribution in [-0.4, -0.2) is 22.8 Å². The smallest absolute Gasteiger partial charge is 0.281 e. The Morgan fingerprint density at radius 3 is 2.89 bits per heavy atom. The SMILES string of the molecule is CCOc1ccccc1NC(=O)c1nonc1N. The lowest BCUT2D eigenvalue weighted by molar-refractivity contribution is 0.101. The van der Waals surface area contributed by atoms with Crippen LogP contribution in [0.3, 0.4) is 0 Å². The number of amides is 1. The molecule has 0 bridgehead atoms. The average Bonchev–Trinajstić information content (AvgIpc) is 2.78. The normalized spacial score (nSPS) is 10.1. The number of hydrogen-bond donors (Lipinski definition) is 2. The van der Waals surface area contributed by atoms with Crippen molar-refractivity contribution in [1.29, 1.82) is 0 Å². The molecule has 0 spiro atoms. The molecule has 0 aliphatic carbocycles. The third-order valence-electron chi connectivity index (χ3n) is 2.16. The van der Waals surface area contributed by atoms with Crippen LogP contribution in [0.25, 0.3) is 0 Å². The quantitative estimate of drug-likeness (QED) is 0.845. The third-order valence-corrected chi connectivity index (χ3v) is 2.16. The topological polar surface area (TPSA) is 103 Å². The van der Waals surface area contributed by atoms with Gasteiger partial charge in [-0.1, -0.05) is 12.1 Å². The van der Waals surface area contributed by atoms with E-state index in [4.69, 9.17) is 10.5 Å². The van der Waals surface area contributed by atoms with Crippen molar-refractivity contribution < 1.29 is 14.2 Å². The molecular weight excluding hydrogens is 236 g/mol. The molecule has 0 saturated heterocycles. The van der Waals surface area contributed by atoms with Crippen molar-refractivity contribution in [3.63, 3.8) is 0 Å². The summed E-state index contributed by atoms with van der Waals surface area (Å²) in [5.41, 5.74) is 5.91. The lowest BCUT2D eigenvalue weighted by Crippen LogP contribution is -2.15. The molecule has 1 heterocycles. The van der Waals surface area contributed by atoms with E-state index in [9.17, 15) is 4.79 Å². The fourth-order valence-electron chi connectivity index (χ4n) is 1.39. The molecule has 18 heavy (non-hydrogen) atoms. The van der Waals surface area contributed by atoms with Gasteiger partial charge in [0.15, 0.2) is 0 Å². The van der Waals surface area contributed by atoms with Crippen molar-refractivity contribution in [3.8, 4) is 5.75 Å². The fraction of sp³-hybridized carbons (Fsp3) is 0.182. The van der Waals surface area contributed by atoms with Crippen molar-refractivity contribution in [2.24, 2.45) is 0 Å². The van der Waals surface area contributed by atoms with Gasteiger partial charge in [0.25, 0.3) is 5.91 Å². The van der Waals surface area contributed by atoms with Crippen LogP contribution in [0.1, 0.15) is 17.4 Å². The number of carbonyl (C=O) groups excluding carboxylic acids is 1. The molecule has 94 valence electrons. The van der Waals surface area contributed by atoms with E-state index in [1.165, 1.54) is 0 Å². The number of nitrogens with two attached hydrogens (primary N) is 1. The molecule has 0 saturated carbocycles. The number of nitrogens with one attached hydrogen (secondary N) is 1. The van der Waals surface area contributed by atoms with Gasteiger partial charge in [0.1, 0.15) is 5.75 Å². The minimum atomic E-state index is -0.499. The molecule has 7 nitrogen and oxygen atoms in total. The summed E-state index contributed by atoms with van der Waals surface area (Å²) < 4.78 is 9.74. The number of ether oxygens (including phenoxy) is 1. The van der Waals surface area contributed by atoms with E-state index in [0.29, 0.717) is 18.0 Å². The zero-order valence-corrected chi connectivity index (χ0v) is 9.71. The largest absolute Gasteiger partial charge is 0.492 e. The molecule has 7 heteroatoms. The summed E-state index contributed by atoms with van der Waals surface area (Å²) in [5, 5.41) is 9.39. The minimum absolute atomic E-state index is 0.0543. The first-order valence-electron chi connectivity index (χ1n) is 5.33. The van der Waals surface area contributed by atoms with E-state index in [2.05, 4.69) is 20.3 Å². The summed E-state index contributed by atoms with van der Waals surface area (Å²) >= 11 is 0. The molecule has 2 rings (SSSR count). The summed E-state index contributed by atoms with van der Waals surface area (Å²) in [6, 6.07) is 7.06. The number of nitrogen functional groups attached to an aromatic ring is 1. The van der Waals surface area contributed by atoms with Crippen LogP contribution in [0.15, 0.2) is 28.9 Å². The van der Waals surface area contributed by atoms with Crippen LogP contribution in [0.2, 0.25) is 0 Å². The van der Waals surface area contributed by atoms with E-state index >= 15 is 0 Å². The van der Waals surface area contributed by atoms with Crippen LogP contribution < -0.4 is 15.8 Å². The molecule has 0 atom stereocenters. The van der Waals surface area contributed by atoms with E-state index in [0.717, 1.165) is 0 Å². The number of hydrogen-bond acceptors (Lipinski definition) is 6. The zero-order valence-electron chi connectivity index (χ0n) is 9.71. The molecule has 1 aromatic heterocycles. The van der Waals surface area contributed by atoms with Gasteiger partial charge in [0.05, 0.1) is 12.3 Å². The van der Waals surface area contributed by atoms with Gasteiger partial charge in [-0.3, -0.25) is 4.79 Å². The molecule has 0 aliphatic rings. The molecule has 0 radical (unpaired) electrons. The van der Waals surface area contributed by atoms with Gasteiger partial charge in [-0.2, -0.15) is 0 Å². The molecular formula is C11H12N4O3. The van der Waals surface area contributed by atoms with Crippen molar-refractivity contribution >= 4 is 17.4 Å². The average molecular weight is 248 g/mol.